The van der Waals surface area contributed by atoms with E-state index in [1.54, 1.807) is 0 Å². The Labute approximate surface area is 188 Å². The van der Waals surface area contributed by atoms with Gasteiger partial charge in [-0.05, 0) is 37.8 Å². The Kier molecular flexibility index (Phi) is 5.67. The standard InChI is InChI=1S/C22H23ClF2N6O/c23-20-18(12-26-31(22(20)32)17-8-7-15(24)11-16(17)25)29-9-4-5-14(13-29)21-28-27-19-6-2-1-3-10-30(19)21/h7-8,11-12,14H,1-6,9-10,13H2. The van der Waals surface area contributed by atoms with Crippen LogP contribution < -0.4 is 10.5 Å². The molecule has 2 aliphatic rings. The number of aryl methyl sites for hydroxylation is 1. The fraction of sp³-hybridized carbons (Fsp3) is 0.455. The van der Waals surface area contributed by atoms with Crippen LogP contribution in [0.15, 0.2) is 29.2 Å². The summed E-state index contributed by atoms with van der Waals surface area (Å²) in [6.45, 7) is 2.32. The second-order valence-corrected chi connectivity index (χ2v) is 8.76. The first-order chi connectivity index (χ1) is 15.5. The van der Waals surface area contributed by atoms with E-state index in [9.17, 15) is 13.6 Å². The average molecular weight is 461 g/mol. The Bertz CT molecular complexity index is 1210. The van der Waals surface area contributed by atoms with Crippen molar-refractivity contribution in [1.82, 2.24) is 24.5 Å². The van der Waals surface area contributed by atoms with E-state index in [1.165, 1.54) is 18.7 Å². The van der Waals surface area contributed by atoms with Crippen molar-refractivity contribution in [1.29, 1.82) is 0 Å². The Morgan fingerprint density at radius 2 is 1.91 bits per heavy atom. The highest BCUT2D eigenvalue weighted by Crippen LogP contribution is 2.32. The molecule has 2 aromatic heterocycles. The van der Waals surface area contributed by atoms with Crippen LogP contribution in [0.2, 0.25) is 5.02 Å². The van der Waals surface area contributed by atoms with Gasteiger partial charge in [0, 0.05) is 38.0 Å². The number of aromatic nitrogens is 5. The third-order valence-electron chi connectivity index (χ3n) is 6.30. The highest BCUT2D eigenvalue weighted by molar-refractivity contribution is 6.33. The molecule has 0 saturated carbocycles. The van der Waals surface area contributed by atoms with E-state index in [0.717, 1.165) is 67.6 Å². The van der Waals surface area contributed by atoms with Crippen LogP contribution >= 0.6 is 11.6 Å². The number of hydrogen-bond donors (Lipinski definition) is 0. The summed E-state index contributed by atoms with van der Waals surface area (Å²) in [4.78, 5) is 14.9. The molecule has 0 bridgehead atoms. The summed E-state index contributed by atoms with van der Waals surface area (Å²) in [5, 5.41) is 13.0. The maximum Gasteiger partial charge on any atom is 0.292 e. The minimum atomic E-state index is -0.881. The van der Waals surface area contributed by atoms with Crippen molar-refractivity contribution in [3.8, 4) is 5.69 Å². The highest BCUT2D eigenvalue weighted by Gasteiger charge is 2.29. The molecule has 0 amide bonds. The molecule has 3 aromatic rings. The van der Waals surface area contributed by atoms with E-state index >= 15 is 0 Å². The smallest absolute Gasteiger partial charge is 0.292 e. The van der Waals surface area contributed by atoms with Crippen molar-refractivity contribution in [3.05, 3.63) is 63.1 Å². The zero-order valence-corrected chi connectivity index (χ0v) is 18.2. The minimum Gasteiger partial charge on any atom is -0.368 e. The summed E-state index contributed by atoms with van der Waals surface area (Å²) >= 11 is 6.43. The monoisotopic (exact) mass is 460 g/mol. The van der Waals surface area contributed by atoms with E-state index in [4.69, 9.17) is 11.6 Å². The van der Waals surface area contributed by atoms with Crippen molar-refractivity contribution in [2.45, 2.75) is 51.0 Å². The first-order valence-electron chi connectivity index (χ1n) is 10.9. The molecule has 5 rings (SSSR count). The van der Waals surface area contributed by atoms with Crippen LogP contribution in [-0.4, -0.2) is 37.6 Å². The third-order valence-corrected chi connectivity index (χ3v) is 6.66. The zero-order chi connectivity index (χ0) is 22.2. The molecule has 1 atom stereocenters. The number of halogens is 3. The lowest BCUT2D eigenvalue weighted by Gasteiger charge is -2.34. The van der Waals surface area contributed by atoms with E-state index in [1.807, 2.05) is 4.90 Å². The maximum absolute atomic E-state index is 14.2. The molecule has 1 unspecified atom stereocenters. The van der Waals surface area contributed by atoms with Crippen LogP contribution in [0.1, 0.15) is 49.7 Å². The number of hydrogen-bond acceptors (Lipinski definition) is 5. The number of fused-ring (bicyclic) bond motifs is 1. The number of rotatable bonds is 3. The zero-order valence-electron chi connectivity index (χ0n) is 17.5. The molecule has 0 N–H and O–H groups in total. The van der Waals surface area contributed by atoms with Gasteiger partial charge in [0.2, 0.25) is 0 Å². The quantitative estimate of drug-likeness (QED) is 0.593. The summed E-state index contributed by atoms with van der Waals surface area (Å²) in [7, 11) is 0. The van der Waals surface area contributed by atoms with Gasteiger partial charge in [-0.2, -0.15) is 9.78 Å². The topological polar surface area (TPSA) is 68.8 Å². The fourth-order valence-electron chi connectivity index (χ4n) is 4.69. The summed E-state index contributed by atoms with van der Waals surface area (Å²) < 4.78 is 30.5. The van der Waals surface area contributed by atoms with Gasteiger partial charge in [-0.1, -0.05) is 18.0 Å². The molecule has 0 aliphatic carbocycles. The molecule has 4 heterocycles. The maximum atomic E-state index is 14.2. The van der Waals surface area contributed by atoms with Gasteiger partial charge in [0.1, 0.15) is 28.2 Å². The van der Waals surface area contributed by atoms with Crippen LogP contribution in [0, 0.1) is 11.6 Å². The first-order valence-corrected chi connectivity index (χ1v) is 11.3. The van der Waals surface area contributed by atoms with Gasteiger partial charge in [0.15, 0.2) is 5.82 Å². The van der Waals surface area contributed by atoms with Gasteiger partial charge in [-0.3, -0.25) is 4.79 Å². The molecule has 0 radical (unpaired) electrons. The fourth-order valence-corrected chi connectivity index (χ4v) is 4.93. The second-order valence-electron chi connectivity index (χ2n) is 8.38. The van der Waals surface area contributed by atoms with Crippen LogP contribution in [0.4, 0.5) is 14.5 Å². The number of piperidine rings is 1. The minimum absolute atomic E-state index is 0.0375. The van der Waals surface area contributed by atoms with Crippen LogP contribution in [0.5, 0.6) is 0 Å². The number of benzene rings is 1. The lowest BCUT2D eigenvalue weighted by molar-refractivity contribution is 0.465. The highest BCUT2D eigenvalue weighted by atomic mass is 35.5. The molecule has 1 saturated heterocycles. The van der Waals surface area contributed by atoms with Gasteiger partial charge in [0.05, 0.1) is 11.9 Å². The van der Waals surface area contributed by atoms with Crippen molar-refractivity contribution in [3.63, 3.8) is 0 Å². The van der Waals surface area contributed by atoms with Gasteiger partial charge in [-0.25, -0.2) is 8.78 Å². The number of nitrogens with zero attached hydrogens (tertiary/aromatic N) is 6. The number of anilines is 1. The van der Waals surface area contributed by atoms with E-state index in [0.29, 0.717) is 18.3 Å². The Hall–Kier alpha value is -2.81. The van der Waals surface area contributed by atoms with Crippen molar-refractivity contribution in [2.75, 3.05) is 18.0 Å². The molecule has 7 nitrogen and oxygen atoms in total. The van der Waals surface area contributed by atoms with E-state index < -0.39 is 17.2 Å². The van der Waals surface area contributed by atoms with Crippen LogP contribution in [0.3, 0.4) is 0 Å². The van der Waals surface area contributed by atoms with E-state index in [-0.39, 0.29) is 16.6 Å². The summed E-state index contributed by atoms with van der Waals surface area (Å²) in [6, 6.07) is 2.95. The lowest BCUT2D eigenvalue weighted by Crippen LogP contribution is -2.37. The summed E-state index contributed by atoms with van der Waals surface area (Å²) in [5.41, 5.74) is -0.281. The van der Waals surface area contributed by atoms with Gasteiger partial charge in [0.25, 0.3) is 5.56 Å². The van der Waals surface area contributed by atoms with Crippen molar-refractivity contribution in [2.24, 2.45) is 0 Å². The van der Waals surface area contributed by atoms with Gasteiger partial charge in [-0.15, -0.1) is 10.2 Å². The predicted molar refractivity (Wildman–Crippen MR) is 117 cm³/mol. The van der Waals surface area contributed by atoms with Crippen LogP contribution in [0.25, 0.3) is 5.69 Å². The Morgan fingerprint density at radius 1 is 1.03 bits per heavy atom. The van der Waals surface area contributed by atoms with Gasteiger partial charge >= 0.3 is 0 Å². The summed E-state index contributed by atoms with van der Waals surface area (Å²) in [5.74, 6) is 0.619. The molecular weight excluding hydrogens is 438 g/mol. The molecule has 2 aliphatic heterocycles. The SMILES string of the molecule is O=c1c(Cl)c(N2CCCC(c3nnc4n3CCCCC4)C2)cnn1-c1ccc(F)cc1F. The molecule has 32 heavy (non-hydrogen) atoms. The molecule has 168 valence electrons. The molecule has 1 fully saturated rings. The molecular formula is C22H23ClF2N6O. The molecule has 10 heteroatoms. The second kappa shape index (κ2) is 8.61. The van der Waals surface area contributed by atoms with Crippen molar-refractivity contribution < 1.29 is 8.78 Å². The first kappa shape index (κ1) is 21.1. The Balaban J connectivity index is 1.43. The third kappa shape index (κ3) is 3.79. The molecule has 1 aromatic carbocycles. The van der Waals surface area contributed by atoms with Crippen LogP contribution in [-0.2, 0) is 13.0 Å². The normalized spacial score (nSPS) is 19.0. The summed E-state index contributed by atoms with van der Waals surface area (Å²) in [6.07, 6.45) is 7.79. The lowest BCUT2D eigenvalue weighted by atomic mass is 9.96. The average Bonchev–Trinajstić information content (AvgIpc) is 3.04. The predicted octanol–water partition coefficient (Wildman–Crippen LogP) is 3.87. The van der Waals surface area contributed by atoms with E-state index in [2.05, 4.69) is 19.9 Å². The Morgan fingerprint density at radius 3 is 2.75 bits per heavy atom. The van der Waals surface area contributed by atoms with Gasteiger partial charge < -0.3 is 9.47 Å². The largest absolute Gasteiger partial charge is 0.368 e. The van der Waals surface area contributed by atoms with Crippen molar-refractivity contribution >= 4 is 17.3 Å². The molecule has 0 spiro atoms.